The molecule has 0 saturated carbocycles. The summed E-state index contributed by atoms with van der Waals surface area (Å²) in [6.45, 7) is 3.98. The van der Waals surface area contributed by atoms with Gasteiger partial charge in [0.2, 0.25) is 5.89 Å². The normalized spacial score (nSPS) is 22.8. The zero-order chi connectivity index (χ0) is 14.8. The van der Waals surface area contributed by atoms with E-state index in [4.69, 9.17) is 10.3 Å². The lowest BCUT2D eigenvalue weighted by Crippen LogP contribution is -2.24. The second-order valence-corrected chi connectivity index (χ2v) is 5.65. The van der Waals surface area contributed by atoms with Crippen molar-refractivity contribution in [2.75, 3.05) is 6.54 Å². The lowest BCUT2D eigenvalue weighted by Gasteiger charge is -2.23. The number of likely N-dealkylation sites (tertiary alicyclic amines) is 1. The van der Waals surface area contributed by atoms with Gasteiger partial charge < -0.3 is 10.3 Å². The van der Waals surface area contributed by atoms with Crippen molar-refractivity contribution in [1.82, 2.24) is 15.0 Å². The summed E-state index contributed by atoms with van der Waals surface area (Å²) in [4.78, 5) is 6.51. The Morgan fingerprint density at radius 3 is 3.05 bits per heavy atom. The van der Waals surface area contributed by atoms with Gasteiger partial charge in [-0.1, -0.05) is 24.2 Å². The maximum atomic E-state index is 13.4. The number of rotatable bonds is 4. The van der Waals surface area contributed by atoms with Crippen molar-refractivity contribution >= 4 is 0 Å². The number of benzene rings is 1. The summed E-state index contributed by atoms with van der Waals surface area (Å²) in [5, 5.41) is 3.94. The summed E-state index contributed by atoms with van der Waals surface area (Å²) in [6.07, 6.45) is 1.01. The molecular weight excluding hydrogens is 271 g/mol. The Balaban J connectivity index is 1.79. The van der Waals surface area contributed by atoms with E-state index in [1.165, 1.54) is 6.07 Å². The topological polar surface area (TPSA) is 68.2 Å². The molecule has 2 unspecified atom stereocenters. The quantitative estimate of drug-likeness (QED) is 0.935. The van der Waals surface area contributed by atoms with Gasteiger partial charge in [-0.05, 0) is 30.0 Å². The Bertz CT molecular complexity index is 615. The van der Waals surface area contributed by atoms with E-state index in [9.17, 15) is 4.39 Å². The van der Waals surface area contributed by atoms with Gasteiger partial charge in [0, 0.05) is 12.6 Å². The largest absolute Gasteiger partial charge is 0.338 e. The Kier molecular flexibility index (Phi) is 3.98. The molecule has 0 aliphatic carbocycles. The van der Waals surface area contributed by atoms with Crippen LogP contribution < -0.4 is 5.73 Å². The first-order chi connectivity index (χ1) is 10.2. The predicted octanol–water partition coefficient (Wildman–Crippen LogP) is 2.25. The van der Waals surface area contributed by atoms with Crippen LogP contribution in [0.1, 0.15) is 36.7 Å². The molecule has 1 aliphatic rings. The fourth-order valence-electron chi connectivity index (χ4n) is 2.99. The van der Waals surface area contributed by atoms with Crippen LogP contribution in [0.5, 0.6) is 0 Å². The smallest absolute Gasteiger partial charge is 0.240 e. The van der Waals surface area contributed by atoms with Crippen LogP contribution in [0.2, 0.25) is 0 Å². The van der Waals surface area contributed by atoms with Crippen molar-refractivity contribution in [2.45, 2.75) is 32.5 Å². The summed E-state index contributed by atoms with van der Waals surface area (Å²) in [5.74, 6) is 1.43. The summed E-state index contributed by atoms with van der Waals surface area (Å²) in [5.41, 5.74) is 6.48. The highest BCUT2D eigenvalue weighted by Gasteiger charge is 2.31. The molecule has 0 spiro atoms. The summed E-state index contributed by atoms with van der Waals surface area (Å²) in [6, 6.07) is 7.00. The third kappa shape index (κ3) is 3.11. The summed E-state index contributed by atoms with van der Waals surface area (Å²) in [7, 11) is 0. The van der Waals surface area contributed by atoms with E-state index in [0.29, 0.717) is 24.2 Å². The molecular formula is C15H19FN4O. The van der Waals surface area contributed by atoms with Gasteiger partial charge in [0.1, 0.15) is 5.82 Å². The van der Waals surface area contributed by atoms with Gasteiger partial charge in [0.05, 0.1) is 13.1 Å². The molecule has 2 heterocycles. The molecule has 1 aliphatic heterocycles. The van der Waals surface area contributed by atoms with Crippen LogP contribution in [-0.4, -0.2) is 21.6 Å². The molecule has 1 saturated heterocycles. The molecule has 5 nitrogen and oxygen atoms in total. The highest BCUT2D eigenvalue weighted by Crippen LogP contribution is 2.36. The van der Waals surface area contributed by atoms with E-state index in [2.05, 4.69) is 22.0 Å². The van der Waals surface area contributed by atoms with Crippen molar-refractivity contribution < 1.29 is 8.91 Å². The molecule has 3 rings (SSSR count). The van der Waals surface area contributed by atoms with Crippen LogP contribution in [-0.2, 0) is 13.1 Å². The van der Waals surface area contributed by atoms with Gasteiger partial charge in [-0.2, -0.15) is 4.98 Å². The maximum Gasteiger partial charge on any atom is 0.240 e. The lowest BCUT2D eigenvalue weighted by molar-refractivity contribution is 0.234. The van der Waals surface area contributed by atoms with Crippen LogP contribution in [0.4, 0.5) is 4.39 Å². The average molecular weight is 290 g/mol. The molecule has 1 fully saturated rings. The number of nitrogens with two attached hydrogens (primary N) is 1. The highest BCUT2D eigenvalue weighted by molar-refractivity contribution is 5.21. The molecule has 2 aromatic rings. The molecule has 2 N–H and O–H groups in total. The molecule has 21 heavy (non-hydrogen) atoms. The highest BCUT2D eigenvalue weighted by atomic mass is 19.1. The Hall–Kier alpha value is -1.79. The minimum atomic E-state index is -0.197. The fourth-order valence-corrected chi connectivity index (χ4v) is 2.99. The Labute approximate surface area is 122 Å². The number of nitrogens with zero attached hydrogens (tertiary/aromatic N) is 3. The first kappa shape index (κ1) is 14.2. The lowest BCUT2D eigenvalue weighted by atomic mass is 10.0. The van der Waals surface area contributed by atoms with Gasteiger partial charge in [-0.15, -0.1) is 0 Å². The van der Waals surface area contributed by atoms with E-state index in [1.54, 1.807) is 12.1 Å². The van der Waals surface area contributed by atoms with Crippen LogP contribution >= 0.6 is 0 Å². The zero-order valence-electron chi connectivity index (χ0n) is 12.0. The molecule has 0 radical (unpaired) electrons. The number of hydrogen-bond donors (Lipinski definition) is 1. The van der Waals surface area contributed by atoms with E-state index in [1.807, 2.05) is 6.07 Å². The number of halogens is 1. The van der Waals surface area contributed by atoms with Crippen LogP contribution in [0.15, 0.2) is 28.8 Å². The molecule has 0 amide bonds. The zero-order valence-corrected chi connectivity index (χ0v) is 12.0. The summed E-state index contributed by atoms with van der Waals surface area (Å²) >= 11 is 0. The predicted molar refractivity (Wildman–Crippen MR) is 75.5 cm³/mol. The molecule has 0 bridgehead atoms. The van der Waals surface area contributed by atoms with Crippen LogP contribution in [0, 0.1) is 11.7 Å². The van der Waals surface area contributed by atoms with Crippen molar-refractivity contribution in [3.63, 3.8) is 0 Å². The van der Waals surface area contributed by atoms with Crippen molar-refractivity contribution in [2.24, 2.45) is 11.7 Å². The monoisotopic (exact) mass is 290 g/mol. The van der Waals surface area contributed by atoms with Crippen molar-refractivity contribution in [3.05, 3.63) is 47.4 Å². The van der Waals surface area contributed by atoms with E-state index in [0.717, 1.165) is 18.5 Å². The molecule has 1 aromatic carbocycles. The summed E-state index contributed by atoms with van der Waals surface area (Å²) < 4.78 is 18.5. The van der Waals surface area contributed by atoms with E-state index < -0.39 is 0 Å². The van der Waals surface area contributed by atoms with Gasteiger partial charge in [-0.25, -0.2) is 4.39 Å². The maximum absolute atomic E-state index is 13.4. The third-order valence-electron chi connectivity index (χ3n) is 3.88. The first-order valence-corrected chi connectivity index (χ1v) is 7.16. The van der Waals surface area contributed by atoms with Crippen molar-refractivity contribution in [1.29, 1.82) is 0 Å². The van der Waals surface area contributed by atoms with Crippen LogP contribution in [0.3, 0.4) is 0 Å². The van der Waals surface area contributed by atoms with E-state index in [-0.39, 0.29) is 18.4 Å². The van der Waals surface area contributed by atoms with Gasteiger partial charge in [-0.3, -0.25) is 4.90 Å². The Morgan fingerprint density at radius 1 is 1.48 bits per heavy atom. The molecule has 2 atom stereocenters. The van der Waals surface area contributed by atoms with Gasteiger partial charge in [0.25, 0.3) is 0 Å². The second-order valence-electron chi connectivity index (χ2n) is 5.65. The molecule has 6 heteroatoms. The third-order valence-corrected chi connectivity index (χ3v) is 3.88. The minimum absolute atomic E-state index is 0.190. The minimum Gasteiger partial charge on any atom is -0.338 e. The van der Waals surface area contributed by atoms with Gasteiger partial charge in [0.15, 0.2) is 5.82 Å². The standard InChI is InChI=1S/C15H19FN4O/c1-10-5-13(11-3-2-4-12(16)6-11)20(8-10)9-14-18-15(7-17)21-19-14/h2-4,6,10,13H,5,7-9,17H2,1H3. The van der Waals surface area contributed by atoms with E-state index >= 15 is 0 Å². The van der Waals surface area contributed by atoms with Gasteiger partial charge >= 0.3 is 0 Å². The average Bonchev–Trinajstić information content (AvgIpc) is 3.06. The first-order valence-electron chi connectivity index (χ1n) is 7.16. The number of hydrogen-bond acceptors (Lipinski definition) is 5. The van der Waals surface area contributed by atoms with Crippen LogP contribution in [0.25, 0.3) is 0 Å². The number of aromatic nitrogens is 2. The molecule has 1 aromatic heterocycles. The fraction of sp³-hybridized carbons (Fsp3) is 0.467. The van der Waals surface area contributed by atoms with Crippen molar-refractivity contribution in [3.8, 4) is 0 Å². The Morgan fingerprint density at radius 2 is 2.33 bits per heavy atom. The molecule has 112 valence electrons. The SMILES string of the molecule is CC1CC(c2cccc(F)c2)N(Cc2noc(CN)n2)C1. The second kappa shape index (κ2) is 5.91.